The van der Waals surface area contributed by atoms with E-state index in [0.29, 0.717) is 21.2 Å². The zero-order valence-electron chi connectivity index (χ0n) is 16.1. The Balaban J connectivity index is 2.19. The van der Waals surface area contributed by atoms with E-state index in [9.17, 15) is 14.4 Å². The highest BCUT2D eigenvalue weighted by molar-refractivity contribution is 7.18. The Morgan fingerprint density at radius 2 is 1.85 bits per heavy atom. The number of hydrogen-bond donors (Lipinski definition) is 1. The van der Waals surface area contributed by atoms with Gasteiger partial charge in [0, 0.05) is 0 Å². The third-order valence-electron chi connectivity index (χ3n) is 3.90. The van der Waals surface area contributed by atoms with Crippen molar-refractivity contribution >= 4 is 34.0 Å². The predicted octanol–water partition coefficient (Wildman–Crippen LogP) is 4.07. The number of carbonyl (C=O) groups excluding carboxylic acids is 3. The van der Waals surface area contributed by atoms with Crippen molar-refractivity contribution < 1.29 is 23.9 Å². The number of benzene rings is 1. The van der Waals surface area contributed by atoms with E-state index < -0.39 is 11.9 Å². The van der Waals surface area contributed by atoms with Crippen LogP contribution in [-0.4, -0.2) is 30.9 Å². The van der Waals surface area contributed by atoms with Gasteiger partial charge in [-0.25, -0.2) is 4.79 Å². The van der Waals surface area contributed by atoms with Gasteiger partial charge in [0.1, 0.15) is 10.8 Å². The molecule has 1 N–H and O–H groups in total. The fraction of sp³-hybridized carbons (Fsp3) is 0.350. The van der Waals surface area contributed by atoms with Crippen LogP contribution in [0.2, 0.25) is 0 Å². The van der Waals surface area contributed by atoms with E-state index in [0.717, 1.165) is 22.5 Å². The number of thiophene rings is 1. The Bertz CT molecular complexity index is 885. The third kappa shape index (κ3) is 4.95. The second-order valence-corrected chi connectivity index (χ2v) is 7.16. The number of aryl methyl sites for hydroxylation is 2. The molecule has 2 rings (SSSR count). The van der Waals surface area contributed by atoms with E-state index in [1.54, 1.807) is 13.8 Å². The van der Waals surface area contributed by atoms with Gasteiger partial charge in [-0.05, 0) is 57.4 Å². The summed E-state index contributed by atoms with van der Waals surface area (Å²) in [5, 5.41) is 2.97. The summed E-state index contributed by atoms with van der Waals surface area (Å²) in [6.07, 6.45) is 0. The van der Waals surface area contributed by atoms with Gasteiger partial charge in [0.05, 0.1) is 17.0 Å². The number of amides is 1. The predicted molar refractivity (Wildman–Crippen MR) is 105 cm³/mol. The van der Waals surface area contributed by atoms with Crippen LogP contribution in [0.4, 0.5) is 5.00 Å². The topological polar surface area (TPSA) is 81.7 Å². The van der Waals surface area contributed by atoms with Crippen molar-refractivity contribution in [3.8, 4) is 5.75 Å². The highest BCUT2D eigenvalue weighted by Crippen LogP contribution is 2.34. The highest BCUT2D eigenvalue weighted by Gasteiger charge is 2.25. The largest absolute Gasteiger partial charge is 0.483 e. The SMILES string of the molecule is CCOC(=O)c1c(NC(=O)COc2cc(C)ccc2C)sc(C(C)=O)c1C. The zero-order chi connectivity index (χ0) is 20.1. The average Bonchev–Trinajstić information content (AvgIpc) is 2.92. The first-order valence-electron chi connectivity index (χ1n) is 8.55. The second kappa shape index (κ2) is 8.81. The van der Waals surface area contributed by atoms with E-state index in [4.69, 9.17) is 9.47 Å². The van der Waals surface area contributed by atoms with Crippen LogP contribution in [-0.2, 0) is 9.53 Å². The summed E-state index contributed by atoms with van der Waals surface area (Å²) in [4.78, 5) is 36.8. The summed E-state index contributed by atoms with van der Waals surface area (Å²) in [6.45, 7) is 8.61. The summed E-state index contributed by atoms with van der Waals surface area (Å²) in [7, 11) is 0. The first-order chi connectivity index (χ1) is 12.7. The van der Waals surface area contributed by atoms with Crippen LogP contribution >= 0.6 is 11.3 Å². The van der Waals surface area contributed by atoms with Crippen LogP contribution in [0, 0.1) is 20.8 Å². The molecular formula is C20H23NO5S. The molecule has 27 heavy (non-hydrogen) atoms. The fourth-order valence-electron chi connectivity index (χ4n) is 2.56. The van der Waals surface area contributed by atoms with Gasteiger partial charge in [0.2, 0.25) is 0 Å². The van der Waals surface area contributed by atoms with E-state index in [2.05, 4.69) is 5.32 Å². The van der Waals surface area contributed by atoms with Gasteiger partial charge >= 0.3 is 5.97 Å². The number of Topliss-reactive ketones (excluding diaryl/α,β-unsaturated/α-hetero) is 1. The van der Waals surface area contributed by atoms with E-state index in [-0.39, 0.29) is 24.6 Å². The molecule has 0 saturated heterocycles. The van der Waals surface area contributed by atoms with Gasteiger partial charge < -0.3 is 14.8 Å². The first-order valence-corrected chi connectivity index (χ1v) is 9.37. The Morgan fingerprint density at radius 3 is 2.48 bits per heavy atom. The van der Waals surface area contributed by atoms with Crippen LogP contribution in [0.15, 0.2) is 18.2 Å². The molecule has 0 radical (unpaired) electrons. The quantitative estimate of drug-likeness (QED) is 0.570. The van der Waals surface area contributed by atoms with Crippen molar-refractivity contribution in [2.45, 2.75) is 34.6 Å². The molecular weight excluding hydrogens is 366 g/mol. The Hall–Kier alpha value is -2.67. The van der Waals surface area contributed by atoms with E-state index >= 15 is 0 Å². The average molecular weight is 389 g/mol. The molecule has 1 aromatic carbocycles. The summed E-state index contributed by atoms with van der Waals surface area (Å²) in [5.74, 6) is -0.528. The number of carbonyl (C=O) groups is 3. The third-order valence-corrected chi connectivity index (χ3v) is 5.21. The number of hydrogen-bond acceptors (Lipinski definition) is 6. The van der Waals surface area contributed by atoms with E-state index in [1.165, 1.54) is 6.92 Å². The molecule has 1 amide bonds. The Morgan fingerprint density at radius 1 is 1.15 bits per heavy atom. The molecule has 0 aliphatic rings. The lowest BCUT2D eigenvalue weighted by molar-refractivity contribution is -0.118. The molecule has 0 bridgehead atoms. The smallest absolute Gasteiger partial charge is 0.341 e. The van der Waals surface area contributed by atoms with Crippen molar-refractivity contribution in [2.24, 2.45) is 0 Å². The molecule has 0 aliphatic heterocycles. The van der Waals surface area contributed by atoms with Crippen LogP contribution in [0.25, 0.3) is 0 Å². The normalized spacial score (nSPS) is 10.4. The number of nitrogens with one attached hydrogen (secondary N) is 1. The van der Waals surface area contributed by atoms with Gasteiger partial charge in [0.25, 0.3) is 5.91 Å². The Kier molecular flexibility index (Phi) is 6.74. The van der Waals surface area contributed by atoms with Crippen LogP contribution < -0.4 is 10.1 Å². The number of rotatable bonds is 7. The fourth-order valence-corrected chi connectivity index (χ4v) is 3.66. The molecule has 1 heterocycles. The van der Waals surface area contributed by atoms with Gasteiger partial charge in [-0.2, -0.15) is 0 Å². The van der Waals surface area contributed by atoms with Crippen LogP contribution in [0.1, 0.15) is 50.6 Å². The number of anilines is 1. The maximum Gasteiger partial charge on any atom is 0.341 e. The van der Waals surface area contributed by atoms with Gasteiger partial charge in [-0.1, -0.05) is 12.1 Å². The highest BCUT2D eigenvalue weighted by atomic mass is 32.1. The number of ketones is 1. The van der Waals surface area contributed by atoms with Gasteiger partial charge in [-0.3, -0.25) is 9.59 Å². The van der Waals surface area contributed by atoms with Crippen molar-refractivity contribution in [2.75, 3.05) is 18.5 Å². The van der Waals surface area contributed by atoms with Crippen molar-refractivity contribution in [3.63, 3.8) is 0 Å². The standard InChI is InChI=1S/C20H23NO5S/c1-6-25-20(24)17-13(4)18(14(5)22)27-19(17)21-16(23)10-26-15-9-11(2)7-8-12(15)3/h7-9H,6,10H2,1-5H3,(H,21,23). The molecule has 144 valence electrons. The molecule has 6 nitrogen and oxygen atoms in total. The summed E-state index contributed by atoms with van der Waals surface area (Å²) < 4.78 is 10.6. The first kappa shape index (κ1) is 20.6. The summed E-state index contributed by atoms with van der Waals surface area (Å²) in [5.41, 5.74) is 2.68. The van der Waals surface area contributed by atoms with Gasteiger partial charge in [0.15, 0.2) is 12.4 Å². The molecule has 7 heteroatoms. The molecule has 2 aromatic rings. The molecule has 0 fully saturated rings. The van der Waals surface area contributed by atoms with Crippen molar-refractivity contribution in [1.29, 1.82) is 0 Å². The monoisotopic (exact) mass is 389 g/mol. The zero-order valence-corrected chi connectivity index (χ0v) is 16.9. The van der Waals surface area contributed by atoms with Crippen molar-refractivity contribution in [1.82, 2.24) is 0 Å². The summed E-state index contributed by atoms with van der Waals surface area (Å²) in [6, 6.07) is 5.74. The molecule has 0 saturated carbocycles. The number of esters is 1. The molecule has 0 spiro atoms. The molecule has 0 unspecified atom stereocenters. The minimum atomic E-state index is -0.565. The van der Waals surface area contributed by atoms with Crippen LogP contribution in [0.3, 0.4) is 0 Å². The van der Waals surface area contributed by atoms with Crippen molar-refractivity contribution in [3.05, 3.63) is 45.3 Å². The molecule has 0 atom stereocenters. The van der Waals surface area contributed by atoms with E-state index in [1.807, 2.05) is 32.0 Å². The van der Waals surface area contributed by atoms with Crippen LogP contribution in [0.5, 0.6) is 5.75 Å². The maximum absolute atomic E-state index is 12.3. The lowest BCUT2D eigenvalue weighted by Gasteiger charge is -2.10. The minimum absolute atomic E-state index is 0.171. The van der Waals surface area contributed by atoms with Gasteiger partial charge in [-0.15, -0.1) is 11.3 Å². The molecule has 0 aliphatic carbocycles. The Labute approximate surface area is 162 Å². The number of ether oxygens (including phenoxy) is 2. The summed E-state index contributed by atoms with van der Waals surface area (Å²) >= 11 is 1.07. The lowest BCUT2D eigenvalue weighted by Crippen LogP contribution is -2.21. The lowest BCUT2D eigenvalue weighted by atomic mass is 10.1. The second-order valence-electron chi connectivity index (χ2n) is 6.14. The molecule has 1 aromatic heterocycles. The maximum atomic E-state index is 12.3. The minimum Gasteiger partial charge on any atom is -0.483 e.